The van der Waals surface area contributed by atoms with Gasteiger partial charge in [-0.1, -0.05) is 0 Å². The van der Waals surface area contributed by atoms with E-state index in [2.05, 4.69) is 9.97 Å². The molecule has 1 N–H and O–H groups in total. The number of imidazole rings is 1. The first-order chi connectivity index (χ1) is 8.27. The number of carbonyl (C=O) groups is 1. The molecule has 0 bridgehead atoms. The van der Waals surface area contributed by atoms with Gasteiger partial charge in [-0.15, -0.1) is 0 Å². The number of hydrogen-bond donors (Lipinski definition) is 1. The Morgan fingerprint density at radius 2 is 2.06 bits per heavy atom. The molecule has 0 atom stereocenters. The summed E-state index contributed by atoms with van der Waals surface area (Å²) in [6.07, 6.45) is -2.33. The van der Waals surface area contributed by atoms with Crippen molar-refractivity contribution in [1.29, 1.82) is 0 Å². The largest absolute Gasteiger partial charge is 0.481 e. The van der Waals surface area contributed by atoms with Crippen molar-refractivity contribution in [3.8, 4) is 0 Å². The third-order valence-electron chi connectivity index (χ3n) is 2.28. The summed E-state index contributed by atoms with van der Waals surface area (Å²) in [5.74, 6) is -1.27. The third-order valence-corrected chi connectivity index (χ3v) is 2.28. The van der Waals surface area contributed by atoms with Gasteiger partial charge in [0.15, 0.2) is 5.69 Å². The molecule has 0 saturated carbocycles. The summed E-state index contributed by atoms with van der Waals surface area (Å²) in [7, 11) is 0. The zero-order valence-electron chi connectivity index (χ0n) is 9.19. The molecule has 0 aliphatic carbocycles. The van der Waals surface area contributed by atoms with E-state index in [4.69, 9.17) is 5.11 Å². The zero-order valence-corrected chi connectivity index (χ0v) is 9.19. The lowest BCUT2D eigenvalue weighted by Crippen LogP contribution is -2.11. The summed E-state index contributed by atoms with van der Waals surface area (Å²) in [4.78, 5) is 17.6. The fraction of sp³-hybridized carbons (Fsp3) is 0.300. The van der Waals surface area contributed by atoms with E-state index < -0.39 is 17.8 Å². The predicted octanol–water partition coefficient (Wildman–Crippen LogP) is 1.68. The minimum Gasteiger partial charge on any atom is -0.481 e. The number of aryl methyl sites for hydroxylation is 1. The van der Waals surface area contributed by atoms with Crippen molar-refractivity contribution < 1.29 is 23.1 Å². The van der Waals surface area contributed by atoms with E-state index in [0.29, 0.717) is 0 Å². The molecule has 2 heterocycles. The second-order valence-electron chi connectivity index (χ2n) is 3.78. The molecule has 0 aliphatic rings. The van der Waals surface area contributed by atoms with Gasteiger partial charge in [0.05, 0.1) is 12.1 Å². The highest BCUT2D eigenvalue weighted by Gasteiger charge is 2.35. The third kappa shape index (κ3) is 2.27. The number of carboxylic acids is 1. The fourth-order valence-electron chi connectivity index (χ4n) is 1.60. The van der Waals surface area contributed by atoms with Crippen LogP contribution in [0.2, 0.25) is 0 Å². The summed E-state index contributed by atoms with van der Waals surface area (Å²) < 4.78 is 39.1. The molecule has 0 saturated heterocycles. The van der Waals surface area contributed by atoms with Gasteiger partial charge in [-0.25, -0.2) is 9.97 Å². The van der Waals surface area contributed by atoms with Crippen LogP contribution in [-0.4, -0.2) is 25.4 Å². The van der Waals surface area contributed by atoms with Crippen LogP contribution in [0.25, 0.3) is 5.78 Å². The summed E-state index contributed by atoms with van der Waals surface area (Å²) in [6, 6.07) is 0. The number of rotatable bonds is 2. The molecule has 18 heavy (non-hydrogen) atoms. The van der Waals surface area contributed by atoms with Gasteiger partial charge in [-0.3, -0.25) is 9.20 Å². The number of halogens is 3. The molecule has 0 aliphatic heterocycles. The first kappa shape index (κ1) is 12.3. The highest BCUT2D eigenvalue weighted by Crippen LogP contribution is 2.30. The molecular weight excluding hydrogens is 251 g/mol. The molecule has 0 aromatic carbocycles. The van der Waals surface area contributed by atoms with Gasteiger partial charge in [0.25, 0.3) is 0 Å². The Morgan fingerprint density at radius 1 is 1.39 bits per heavy atom. The monoisotopic (exact) mass is 259 g/mol. The van der Waals surface area contributed by atoms with Crippen LogP contribution in [-0.2, 0) is 17.4 Å². The normalized spacial score (nSPS) is 12.0. The van der Waals surface area contributed by atoms with Gasteiger partial charge < -0.3 is 5.11 Å². The second-order valence-corrected chi connectivity index (χ2v) is 3.78. The molecular formula is C10H8F3N3O2. The first-order valence-corrected chi connectivity index (χ1v) is 4.91. The highest BCUT2D eigenvalue weighted by atomic mass is 19.4. The highest BCUT2D eigenvalue weighted by molar-refractivity contribution is 5.69. The second kappa shape index (κ2) is 3.97. The number of hydrogen-bond acceptors (Lipinski definition) is 3. The van der Waals surface area contributed by atoms with Crippen molar-refractivity contribution in [2.24, 2.45) is 0 Å². The Labute approximate surface area is 98.9 Å². The lowest BCUT2D eigenvalue weighted by molar-refractivity contribution is -0.141. The quantitative estimate of drug-likeness (QED) is 0.891. The van der Waals surface area contributed by atoms with Gasteiger partial charge >= 0.3 is 12.1 Å². The van der Waals surface area contributed by atoms with Crippen LogP contribution in [0.5, 0.6) is 0 Å². The summed E-state index contributed by atoms with van der Waals surface area (Å²) in [5.41, 5.74) is -0.898. The Hall–Kier alpha value is -2.12. The number of aliphatic carboxylic acids is 1. The standard InChI is InChI=1S/C10H8F3N3O2/c1-5-3-16-4-6(2-7(17)18)14-9(16)15-8(5)10(11,12)13/h3-4H,2H2,1H3,(H,17,18). The maximum absolute atomic E-state index is 12.6. The van der Waals surface area contributed by atoms with Crippen molar-refractivity contribution in [2.45, 2.75) is 19.5 Å². The molecule has 96 valence electrons. The molecule has 2 aromatic rings. The smallest absolute Gasteiger partial charge is 0.433 e. The number of nitrogens with zero attached hydrogens (tertiary/aromatic N) is 3. The first-order valence-electron chi connectivity index (χ1n) is 4.91. The Kier molecular flexibility index (Phi) is 2.72. The predicted molar refractivity (Wildman–Crippen MR) is 54.1 cm³/mol. The van der Waals surface area contributed by atoms with Gasteiger partial charge in [0.1, 0.15) is 0 Å². The van der Waals surface area contributed by atoms with E-state index in [9.17, 15) is 18.0 Å². The molecule has 0 unspecified atom stereocenters. The summed E-state index contributed by atoms with van der Waals surface area (Å²) in [5, 5.41) is 8.58. The van der Waals surface area contributed by atoms with E-state index in [-0.39, 0.29) is 23.5 Å². The molecule has 2 rings (SSSR count). The minimum absolute atomic E-state index is 0.0470. The van der Waals surface area contributed by atoms with Crippen LogP contribution in [0, 0.1) is 6.92 Å². The average molecular weight is 259 g/mol. The van der Waals surface area contributed by atoms with Crippen LogP contribution >= 0.6 is 0 Å². The van der Waals surface area contributed by atoms with Crippen molar-refractivity contribution in [3.63, 3.8) is 0 Å². The molecule has 2 aromatic heterocycles. The number of fused-ring (bicyclic) bond motifs is 1. The summed E-state index contributed by atoms with van der Waals surface area (Å²) >= 11 is 0. The maximum Gasteiger partial charge on any atom is 0.433 e. The van der Waals surface area contributed by atoms with Crippen molar-refractivity contribution in [3.05, 3.63) is 29.3 Å². The van der Waals surface area contributed by atoms with Crippen molar-refractivity contribution in [1.82, 2.24) is 14.4 Å². The zero-order chi connectivity index (χ0) is 13.5. The van der Waals surface area contributed by atoms with Crippen molar-refractivity contribution >= 4 is 11.7 Å². The van der Waals surface area contributed by atoms with E-state index >= 15 is 0 Å². The molecule has 0 spiro atoms. The van der Waals surface area contributed by atoms with Crippen molar-refractivity contribution in [2.75, 3.05) is 0 Å². The van der Waals surface area contributed by atoms with E-state index in [1.807, 2.05) is 0 Å². The molecule has 0 fully saturated rings. The number of aromatic nitrogens is 3. The lowest BCUT2D eigenvalue weighted by Gasteiger charge is -2.08. The van der Waals surface area contributed by atoms with E-state index in [0.717, 1.165) is 0 Å². The van der Waals surface area contributed by atoms with Gasteiger partial charge in [-0.2, -0.15) is 13.2 Å². The maximum atomic E-state index is 12.6. The Bertz CT molecular complexity index is 619. The molecule has 0 radical (unpaired) electrons. The topological polar surface area (TPSA) is 67.5 Å². The van der Waals surface area contributed by atoms with Crippen LogP contribution in [0.15, 0.2) is 12.4 Å². The fourth-order valence-corrected chi connectivity index (χ4v) is 1.60. The van der Waals surface area contributed by atoms with Crippen LogP contribution in [0.1, 0.15) is 17.0 Å². The van der Waals surface area contributed by atoms with Gasteiger partial charge in [-0.05, 0) is 12.5 Å². The molecule has 8 heteroatoms. The summed E-state index contributed by atoms with van der Waals surface area (Å²) in [6.45, 7) is 1.28. The van der Waals surface area contributed by atoms with Crippen LogP contribution < -0.4 is 0 Å². The Morgan fingerprint density at radius 3 is 2.61 bits per heavy atom. The van der Waals surface area contributed by atoms with Crippen LogP contribution in [0.4, 0.5) is 13.2 Å². The SMILES string of the molecule is Cc1cn2cc(CC(=O)O)nc2nc1C(F)(F)F. The minimum atomic E-state index is -4.55. The van der Waals surface area contributed by atoms with E-state index in [1.54, 1.807) is 0 Å². The van der Waals surface area contributed by atoms with Crippen LogP contribution in [0.3, 0.4) is 0 Å². The van der Waals surface area contributed by atoms with Gasteiger partial charge in [0.2, 0.25) is 5.78 Å². The lowest BCUT2D eigenvalue weighted by atomic mass is 10.2. The van der Waals surface area contributed by atoms with Gasteiger partial charge in [0, 0.05) is 12.4 Å². The molecule has 5 nitrogen and oxygen atoms in total. The number of alkyl halides is 3. The molecule has 0 amide bonds. The Balaban J connectivity index is 2.54. The van der Waals surface area contributed by atoms with E-state index in [1.165, 1.54) is 23.7 Å². The number of carboxylic acid groups (broad SMARTS) is 1. The average Bonchev–Trinajstić information content (AvgIpc) is 2.54.